The zero-order valence-electron chi connectivity index (χ0n) is 14.5. The van der Waals surface area contributed by atoms with Gasteiger partial charge in [-0.3, -0.25) is 9.59 Å². The van der Waals surface area contributed by atoms with Gasteiger partial charge in [-0.15, -0.1) is 0 Å². The van der Waals surface area contributed by atoms with Gasteiger partial charge < -0.3 is 21.7 Å². The summed E-state index contributed by atoms with van der Waals surface area (Å²) in [6.45, 7) is 5.75. The fraction of sp³-hybridized carbons (Fsp3) is 0.556. The molecule has 0 spiro atoms. The average molecular weight is 332 g/mol. The van der Waals surface area contributed by atoms with E-state index in [4.69, 9.17) is 11.5 Å². The minimum atomic E-state index is -0.552. The Morgan fingerprint density at radius 2 is 1.92 bits per heavy atom. The summed E-state index contributed by atoms with van der Waals surface area (Å²) in [5.41, 5.74) is 13.4. The number of nitrogens with one attached hydrogen (secondary N) is 1. The SMILES string of the molecule is CCC(C)C(N)C(=O)Nc1ccc(C(N)=O)c(N2CCCCC2)c1. The van der Waals surface area contributed by atoms with E-state index in [0.29, 0.717) is 11.3 Å². The van der Waals surface area contributed by atoms with Gasteiger partial charge >= 0.3 is 0 Å². The molecular formula is C18H28N4O2. The Labute approximate surface area is 143 Å². The molecule has 0 bridgehead atoms. The molecule has 2 rings (SSSR count). The minimum Gasteiger partial charge on any atom is -0.371 e. The number of hydrogen-bond acceptors (Lipinski definition) is 4. The summed E-state index contributed by atoms with van der Waals surface area (Å²) in [5.74, 6) is -0.554. The maximum absolute atomic E-state index is 12.3. The lowest BCUT2D eigenvalue weighted by Gasteiger charge is -2.30. The lowest BCUT2D eigenvalue weighted by atomic mass is 9.99. The summed E-state index contributed by atoms with van der Waals surface area (Å²) in [4.78, 5) is 26.2. The van der Waals surface area contributed by atoms with Crippen molar-refractivity contribution in [2.24, 2.45) is 17.4 Å². The van der Waals surface area contributed by atoms with Crippen molar-refractivity contribution >= 4 is 23.2 Å². The highest BCUT2D eigenvalue weighted by atomic mass is 16.2. The molecule has 1 aromatic carbocycles. The van der Waals surface area contributed by atoms with Crippen LogP contribution in [0, 0.1) is 5.92 Å². The molecule has 1 aliphatic heterocycles. The molecule has 6 heteroatoms. The Bertz CT molecular complexity index is 597. The van der Waals surface area contributed by atoms with Crippen LogP contribution in [0.25, 0.3) is 0 Å². The highest BCUT2D eigenvalue weighted by Crippen LogP contribution is 2.27. The van der Waals surface area contributed by atoms with Gasteiger partial charge in [-0.1, -0.05) is 20.3 Å². The van der Waals surface area contributed by atoms with Crippen LogP contribution in [-0.2, 0) is 4.79 Å². The monoisotopic (exact) mass is 332 g/mol. The number of primary amides is 1. The Hall–Kier alpha value is -2.08. The van der Waals surface area contributed by atoms with Crippen LogP contribution in [0.4, 0.5) is 11.4 Å². The number of hydrogen-bond donors (Lipinski definition) is 3. The van der Waals surface area contributed by atoms with Crippen molar-refractivity contribution in [1.29, 1.82) is 0 Å². The fourth-order valence-corrected chi connectivity index (χ4v) is 2.95. The number of amides is 2. The van der Waals surface area contributed by atoms with Crippen LogP contribution in [0.1, 0.15) is 49.9 Å². The number of piperidine rings is 1. The van der Waals surface area contributed by atoms with E-state index in [1.165, 1.54) is 6.42 Å². The minimum absolute atomic E-state index is 0.108. The van der Waals surface area contributed by atoms with Crippen LogP contribution in [0.5, 0.6) is 0 Å². The van der Waals surface area contributed by atoms with E-state index in [-0.39, 0.29) is 11.8 Å². The van der Waals surface area contributed by atoms with Gasteiger partial charge in [0.05, 0.1) is 17.3 Å². The van der Waals surface area contributed by atoms with Gasteiger partial charge in [-0.25, -0.2) is 0 Å². The summed E-state index contributed by atoms with van der Waals surface area (Å²) in [5, 5.41) is 2.86. The third-order valence-corrected chi connectivity index (χ3v) is 4.79. The van der Waals surface area contributed by atoms with Crippen LogP contribution in [0.2, 0.25) is 0 Å². The van der Waals surface area contributed by atoms with Crippen molar-refractivity contribution < 1.29 is 9.59 Å². The predicted octanol–water partition coefficient (Wildman–Crippen LogP) is 2.09. The van der Waals surface area contributed by atoms with Crippen molar-refractivity contribution in [2.45, 2.75) is 45.6 Å². The third kappa shape index (κ3) is 4.26. The first-order chi connectivity index (χ1) is 11.4. The highest BCUT2D eigenvalue weighted by molar-refractivity contribution is 6.01. The average Bonchev–Trinajstić information content (AvgIpc) is 2.60. The van der Waals surface area contributed by atoms with Gasteiger partial charge in [0.25, 0.3) is 5.91 Å². The Balaban J connectivity index is 2.22. The third-order valence-electron chi connectivity index (χ3n) is 4.79. The van der Waals surface area contributed by atoms with Crippen molar-refractivity contribution in [3.8, 4) is 0 Å². The molecule has 6 nitrogen and oxygen atoms in total. The quantitative estimate of drug-likeness (QED) is 0.742. The smallest absolute Gasteiger partial charge is 0.250 e. The number of benzene rings is 1. The van der Waals surface area contributed by atoms with Crippen LogP contribution in [0.15, 0.2) is 18.2 Å². The molecular weight excluding hydrogens is 304 g/mol. The second kappa shape index (κ2) is 8.15. The Morgan fingerprint density at radius 1 is 1.25 bits per heavy atom. The lowest BCUT2D eigenvalue weighted by molar-refractivity contribution is -0.118. The molecule has 5 N–H and O–H groups in total. The van der Waals surface area contributed by atoms with Gasteiger partial charge in [0.2, 0.25) is 5.91 Å². The van der Waals surface area contributed by atoms with Crippen molar-refractivity contribution in [3.63, 3.8) is 0 Å². The molecule has 2 amide bonds. The summed E-state index contributed by atoms with van der Waals surface area (Å²) in [6.07, 6.45) is 4.22. The first kappa shape index (κ1) is 18.3. The molecule has 1 aromatic rings. The van der Waals surface area contributed by atoms with E-state index < -0.39 is 11.9 Å². The zero-order chi connectivity index (χ0) is 17.7. The second-order valence-corrected chi connectivity index (χ2v) is 6.54. The molecule has 0 radical (unpaired) electrons. The van der Waals surface area contributed by atoms with E-state index >= 15 is 0 Å². The molecule has 2 unspecified atom stereocenters. The number of carbonyl (C=O) groups excluding carboxylic acids is 2. The number of nitrogens with zero attached hydrogens (tertiary/aromatic N) is 1. The van der Waals surface area contributed by atoms with Gasteiger partial charge in [-0.05, 0) is 43.4 Å². The van der Waals surface area contributed by atoms with Crippen LogP contribution in [0.3, 0.4) is 0 Å². The van der Waals surface area contributed by atoms with Crippen molar-refractivity contribution in [2.75, 3.05) is 23.3 Å². The van der Waals surface area contributed by atoms with Crippen LogP contribution >= 0.6 is 0 Å². The maximum Gasteiger partial charge on any atom is 0.250 e. The molecule has 132 valence electrons. The van der Waals surface area contributed by atoms with E-state index in [1.807, 2.05) is 19.9 Å². The standard InChI is InChI=1S/C18H28N4O2/c1-3-12(2)16(19)18(24)21-13-7-8-14(17(20)23)15(11-13)22-9-5-4-6-10-22/h7-8,11-12,16H,3-6,9-10,19H2,1-2H3,(H2,20,23)(H,21,24). The van der Waals surface area contributed by atoms with Gasteiger partial charge in [0.1, 0.15) is 0 Å². The summed E-state index contributed by atoms with van der Waals surface area (Å²) in [6, 6.07) is 4.65. The normalized spacial score (nSPS) is 17.2. The second-order valence-electron chi connectivity index (χ2n) is 6.54. The molecule has 0 saturated carbocycles. The first-order valence-corrected chi connectivity index (χ1v) is 8.69. The lowest BCUT2D eigenvalue weighted by Crippen LogP contribution is -2.40. The molecule has 1 aliphatic rings. The molecule has 0 aliphatic carbocycles. The van der Waals surface area contributed by atoms with Crippen molar-refractivity contribution in [3.05, 3.63) is 23.8 Å². The highest BCUT2D eigenvalue weighted by Gasteiger charge is 2.21. The molecule has 1 fully saturated rings. The number of rotatable bonds is 6. The molecule has 0 aromatic heterocycles. The Kier molecular flexibility index (Phi) is 6.20. The van der Waals surface area contributed by atoms with Gasteiger partial charge in [0.15, 0.2) is 0 Å². The molecule has 2 atom stereocenters. The predicted molar refractivity (Wildman–Crippen MR) is 97.1 cm³/mol. The molecule has 1 saturated heterocycles. The van der Waals surface area contributed by atoms with Crippen molar-refractivity contribution in [1.82, 2.24) is 0 Å². The fourth-order valence-electron chi connectivity index (χ4n) is 2.95. The first-order valence-electron chi connectivity index (χ1n) is 8.69. The number of carbonyl (C=O) groups is 2. The van der Waals surface area contributed by atoms with Crippen LogP contribution < -0.4 is 21.7 Å². The largest absolute Gasteiger partial charge is 0.371 e. The molecule has 24 heavy (non-hydrogen) atoms. The van der Waals surface area contributed by atoms with Crippen LogP contribution in [-0.4, -0.2) is 30.9 Å². The number of anilines is 2. The number of nitrogens with two attached hydrogens (primary N) is 2. The summed E-state index contributed by atoms with van der Waals surface area (Å²) < 4.78 is 0. The Morgan fingerprint density at radius 3 is 2.50 bits per heavy atom. The van der Waals surface area contributed by atoms with E-state index in [2.05, 4.69) is 10.2 Å². The van der Waals surface area contributed by atoms with Gasteiger partial charge in [-0.2, -0.15) is 0 Å². The maximum atomic E-state index is 12.3. The van der Waals surface area contributed by atoms with E-state index in [1.54, 1.807) is 12.1 Å². The molecule has 1 heterocycles. The topological polar surface area (TPSA) is 101 Å². The van der Waals surface area contributed by atoms with E-state index in [9.17, 15) is 9.59 Å². The van der Waals surface area contributed by atoms with Gasteiger partial charge in [0, 0.05) is 18.8 Å². The van der Waals surface area contributed by atoms with E-state index in [0.717, 1.165) is 38.0 Å². The zero-order valence-corrected chi connectivity index (χ0v) is 14.5. The summed E-state index contributed by atoms with van der Waals surface area (Å²) >= 11 is 0. The summed E-state index contributed by atoms with van der Waals surface area (Å²) in [7, 11) is 0.